The quantitative estimate of drug-likeness (QED) is 0.790. The fourth-order valence-corrected chi connectivity index (χ4v) is 1.59. The average Bonchev–Trinajstić information content (AvgIpc) is 2.49. The Bertz CT molecular complexity index is 426. The van der Waals surface area contributed by atoms with Gasteiger partial charge in [0.25, 0.3) is 0 Å². The van der Waals surface area contributed by atoms with Gasteiger partial charge in [0.15, 0.2) is 9.48 Å². The van der Waals surface area contributed by atoms with Crippen LogP contribution in [0.25, 0.3) is 5.65 Å². The Kier molecular flexibility index (Phi) is 2.34. The normalized spacial score (nSPS) is 10.6. The number of fused-ring (bicyclic) bond motifs is 1. The number of hydrogen-bond acceptors (Lipinski definition) is 3. The van der Waals surface area contributed by atoms with Crippen LogP contribution in [-0.2, 0) is 0 Å². The van der Waals surface area contributed by atoms with Gasteiger partial charge in [-0.3, -0.25) is 4.40 Å². The highest BCUT2D eigenvalue weighted by Crippen LogP contribution is 2.14. The topological polar surface area (TPSA) is 39.4 Å². The molecule has 0 saturated heterocycles. The summed E-state index contributed by atoms with van der Waals surface area (Å²) in [6.45, 7) is 2.63. The lowest BCUT2D eigenvalue weighted by molar-refractivity contribution is 0.338. The Morgan fingerprint density at radius 3 is 3.08 bits per heavy atom. The summed E-state index contributed by atoms with van der Waals surface area (Å²) in [6, 6.07) is 3.78. The first-order valence-electron chi connectivity index (χ1n) is 3.94. The van der Waals surface area contributed by atoms with Gasteiger partial charge in [-0.05, 0) is 19.1 Å². The van der Waals surface area contributed by atoms with Crippen LogP contribution in [0, 0.1) is 3.83 Å². The van der Waals surface area contributed by atoms with Gasteiger partial charge in [-0.2, -0.15) is 0 Å². The number of halogens is 1. The number of aromatic nitrogens is 3. The van der Waals surface area contributed by atoms with Crippen molar-refractivity contribution < 1.29 is 4.74 Å². The summed E-state index contributed by atoms with van der Waals surface area (Å²) in [5.74, 6) is 0.840. The summed E-state index contributed by atoms with van der Waals surface area (Å²) in [7, 11) is 0. The van der Waals surface area contributed by atoms with E-state index in [4.69, 9.17) is 4.74 Å². The van der Waals surface area contributed by atoms with E-state index < -0.39 is 0 Å². The molecule has 13 heavy (non-hydrogen) atoms. The van der Waals surface area contributed by atoms with Gasteiger partial charge in [0.05, 0.1) is 12.8 Å². The standard InChI is InChI=1S/C8H8IN3O/c1-2-13-6-3-4-7-10-11-8(9)12(7)5-6/h3-5H,2H2,1H3. The van der Waals surface area contributed by atoms with Crippen molar-refractivity contribution >= 4 is 28.2 Å². The molecule has 2 aromatic rings. The second-order valence-corrected chi connectivity index (χ2v) is 3.46. The highest BCUT2D eigenvalue weighted by molar-refractivity contribution is 14.1. The van der Waals surface area contributed by atoms with Crippen molar-refractivity contribution in [2.75, 3.05) is 6.61 Å². The summed E-state index contributed by atoms with van der Waals surface area (Å²) >= 11 is 2.13. The maximum atomic E-state index is 5.36. The lowest BCUT2D eigenvalue weighted by Crippen LogP contribution is -1.94. The molecule has 0 atom stereocenters. The Hall–Kier alpha value is -0.850. The molecule has 0 bridgehead atoms. The first-order valence-corrected chi connectivity index (χ1v) is 5.02. The summed E-state index contributed by atoms with van der Waals surface area (Å²) in [5.41, 5.74) is 0.841. The van der Waals surface area contributed by atoms with E-state index in [0.717, 1.165) is 15.2 Å². The van der Waals surface area contributed by atoms with Crippen LogP contribution in [-0.4, -0.2) is 21.2 Å². The van der Waals surface area contributed by atoms with E-state index in [0.29, 0.717) is 6.61 Å². The van der Waals surface area contributed by atoms with Gasteiger partial charge < -0.3 is 4.74 Å². The number of pyridine rings is 1. The predicted molar refractivity (Wildman–Crippen MR) is 56.9 cm³/mol. The molecule has 2 aromatic heterocycles. The smallest absolute Gasteiger partial charge is 0.198 e. The van der Waals surface area contributed by atoms with E-state index in [9.17, 15) is 0 Å². The molecule has 0 radical (unpaired) electrons. The van der Waals surface area contributed by atoms with Crippen molar-refractivity contribution in [3.05, 3.63) is 22.2 Å². The summed E-state index contributed by atoms with van der Waals surface area (Å²) < 4.78 is 8.09. The van der Waals surface area contributed by atoms with Crippen molar-refractivity contribution in [1.29, 1.82) is 0 Å². The second kappa shape index (κ2) is 3.49. The molecule has 5 heteroatoms. The highest BCUT2D eigenvalue weighted by atomic mass is 127. The third-order valence-electron chi connectivity index (χ3n) is 1.64. The molecule has 0 aromatic carbocycles. The molecule has 4 nitrogen and oxygen atoms in total. The maximum absolute atomic E-state index is 5.36. The number of hydrogen-bond donors (Lipinski definition) is 0. The maximum Gasteiger partial charge on any atom is 0.198 e. The van der Waals surface area contributed by atoms with Gasteiger partial charge in [0.1, 0.15) is 5.75 Å². The zero-order valence-electron chi connectivity index (χ0n) is 7.07. The fraction of sp³-hybridized carbons (Fsp3) is 0.250. The minimum absolute atomic E-state index is 0.671. The van der Waals surface area contributed by atoms with E-state index in [1.807, 2.05) is 29.7 Å². The molecule has 0 saturated carbocycles. The summed E-state index contributed by atoms with van der Waals surface area (Å²) in [5, 5.41) is 7.91. The molecular weight excluding hydrogens is 281 g/mol. The second-order valence-electron chi connectivity index (χ2n) is 2.50. The molecule has 0 fully saturated rings. The molecule has 68 valence electrons. The van der Waals surface area contributed by atoms with Crippen LogP contribution in [0.2, 0.25) is 0 Å². The van der Waals surface area contributed by atoms with Gasteiger partial charge in [-0.1, -0.05) is 0 Å². The summed E-state index contributed by atoms with van der Waals surface area (Å²) in [6.07, 6.45) is 1.89. The molecule has 2 heterocycles. The average molecular weight is 289 g/mol. The SMILES string of the molecule is CCOc1ccc2nnc(I)n2c1. The van der Waals surface area contributed by atoms with Crippen molar-refractivity contribution in [2.24, 2.45) is 0 Å². The molecule has 0 N–H and O–H groups in total. The van der Waals surface area contributed by atoms with Gasteiger partial charge in [0, 0.05) is 22.6 Å². The van der Waals surface area contributed by atoms with Crippen LogP contribution in [0.4, 0.5) is 0 Å². The van der Waals surface area contributed by atoms with Crippen molar-refractivity contribution in [3.63, 3.8) is 0 Å². The largest absolute Gasteiger partial charge is 0.492 e. The third-order valence-corrected chi connectivity index (χ3v) is 2.38. The first kappa shape index (κ1) is 8.74. The Morgan fingerprint density at radius 2 is 2.31 bits per heavy atom. The zero-order valence-corrected chi connectivity index (χ0v) is 9.22. The van der Waals surface area contributed by atoms with E-state index in [1.54, 1.807) is 0 Å². The number of nitrogens with zero attached hydrogens (tertiary/aromatic N) is 3. The van der Waals surface area contributed by atoms with E-state index in [2.05, 4.69) is 32.8 Å². The lowest BCUT2D eigenvalue weighted by Gasteiger charge is -2.02. The van der Waals surface area contributed by atoms with Crippen LogP contribution < -0.4 is 4.74 Å². The fourth-order valence-electron chi connectivity index (χ4n) is 1.10. The van der Waals surface area contributed by atoms with Crippen molar-refractivity contribution in [3.8, 4) is 5.75 Å². The molecule has 2 rings (SSSR count). The Balaban J connectivity index is 2.53. The predicted octanol–water partition coefficient (Wildman–Crippen LogP) is 1.73. The molecular formula is C8H8IN3O. The van der Waals surface area contributed by atoms with Gasteiger partial charge in [0.2, 0.25) is 0 Å². The van der Waals surface area contributed by atoms with E-state index in [1.165, 1.54) is 0 Å². The molecule has 0 aliphatic heterocycles. The monoisotopic (exact) mass is 289 g/mol. The van der Waals surface area contributed by atoms with Crippen LogP contribution in [0.5, 0.6) is 5.75 Å². The van der Waals surface area contributed by atoms with E-state index >= 15 is 0 Å². The van der Waals surface area contributed by atoms with Gasteiger partial charge in [-0.15, -0.1) is 10.2 Å². The van der Waals surface area contributed by atoms with E-state index in [-0.39, 0.29) is 0 Å². The molecule has 0 spiro atoms. The van der Waals surface area contributed by atoms with Crippen LogP contribution in [0.15, 0.2) is 18.3 Å². The minimum atomic E-state index is 0.671. The number of ether oxygens (including phenoxy) is 1. The van der Waals surface area contributed by atoms with Gasteiger partial charge >= 0.3 is 0 Å². The Morgan fingerprint density at radius 1 is 1.46 bits per heavy atom. The molecule has 0 aliphatic carbocycles. The van der Waals surface area contributed by atoms with Crippen molar-refractivity contribution in [2.45, 2.75) is 6.92 Å². The molecule has 0 unspecified atom stereocenters. The van der Waals surface area contributed by atoms with Crippen LogP contribution in [0.1, 0.15) is 6.92 Å². The highest BCUT2D eigenvalue weighted by Gasteiger charge is 2.02. The zero-order chi connectivity index (χ0) is 9.26. The van der Waals surface area contributed by atoms with Crippen LogP contribution in [0.3, 0.4) is 0 Å². The lowest BCUT2D eigenvalue weighted by atomic mass is 10.4. The first-order chi connectivity index (χ1) is 6.31. The third kappa shape index (κ3) is 1.60. The number of rotatable bonds is 2. The molecule has 0 aliphatic rings. The van der Waals surface area contributed by atoms with Gasteiger partial charge in [-0.25, -0.2) is 0 Å². The molecule has 0 amide bonds. The summed E-state index contributed by atoms with van der Waals surface area (Å²) in [4.78, 5) is 0. The van der Waals surface area contributed by atoms with Crippen molar-refractivity contribution in [1.82, 2.24) is 14.6 Å². The minimum Gasteiger partial charge on any atom is -0.492 e. The van der Waals surface area contributed by atoms with Crippen LogP contribution >= 0.6 is 22.6 Å². The Labute approximate surface area is 89.1 Å².